The summed E-state index contributed by atoms with van der Waals surface area (Å²) in [5.41, 5.74) is 7.47. The minimum Gasteiger partial charge on any atom is -0.493 e. The second-order valence-electron chi connectivity index (χ2n) is 3.33. The molecule has 0 atom stereocenters. The van der Waals surface area contributed by atoms with Crippen molar-refractivity contribution in [2.45, 2.75) is 19.9 Å². The summed E-state index contributed by atoms with van der Waals surface area (Å²) in [5, 5.41) is 0. The summed E-state index contributed by atoms with van der Waals surface area (Å²) < 4.78 is 10.6. The second-order valence-corrected chi connectivity index (χ2v) is 3.33. The Hall–Kier alpha value is -1.13. The molecule has 1 aromatic heterocycles. The topological polar surface area (TPSA) is 57.4 Å². The van der Waals surface area contributed by atoms with Gasteiger partial charge in [-0.25, -0.2) is 0 Å². The lowest BCUT2D eigenvalue weighted by atomic mass is 10.2. The molecule has 0 aliphatic carbocycles. The number of hydrogen-bond donors (Lipinski definition) is 1. The summed E-state index contributed by atoms with van der Waals surface area (Å²) in [5.74, 6) is 0.834. The van der Waals surface area contributed by atoms with Crippen LogP contribution in [0, 0.1) is 6.92 Å². The zero-order valence-corrected chi connectivity index (χ0v) is 9.32. The van der Waals surface area contributed by atoms with Gasteiger partial charge in [0.2, 0.25) is 0 Å². The van der Waals surface area contributed by atoms with Crippen LogP contribution in [-0.2, 0) is 11.3 Å². The first-order valence-corrected chi connectivity index (χ1v) is 5.05. The van der Waals surface area contributed by atoms with Crippen LogP contribution in [0.15, 0.2) is 12.3 Å². The lowest BCUT2D eigenvalue weighted by Crippen LogP contribution is -2.06. The lowest BCUT2D eigenvalue weighted by Gasteiger charge is -2.10. The van der Waals surface area contributed by atoms with Crippen LogP contribution in [-0.4, -0.2) is 25.3 Å². The van der Waals surface area contributed by atoms with Gasteiger partial charge in [0.15, 0.2) is 0 Å². The number of methoxy groups -OCH3 is 1. The highest BCUT2D eigenvalue weighted by Gasteiger charge is 2.03. The minimum atomic E-state index is 0.451. The molecular weight excluding hydrogens is 192 g/mol. The summed E-state index contributed by atoms with van der Waals surface area (Å²) in [6, 6.07) is 1.91. The number of nitrogens with two attached hydrogens (primary N) is 1. The molecule has 1 aromatic rings. The molecule has 0 saturated carbocycles. The maximum Gasteiger partial charge on any atom is 0.127 e. The van der Waals surface area contributed by atoms with Crippen LogP contribution in [0.4, 0.5) is 0 Å². The van der Waals surface area contributed by atoms with Crippen LogP contribution in [0.2, 0.25) is 0 Å². The number of aryl methyl sites for hydroxylation is 1. The Morgan fingerprint density at radius 2 is 2.20 bits per heavy atom. The fraction of sp³-hybridized carbons (Fsp3) is 0.545. The maximum atomic E-state index is 5.61. The van der Waals surface area contributed by atoms with Crippen molar-refractivity contribution >= 4 is 0 Å². The molecule has 15 heavy (non-hydrogen) atoms. The van der Waals surface area contributed by atoms with Crippen molar-refractivity contribution in [3.63, 3.8) is 0 Å². The van der Waals surface area contributed by atoms with Crippen LogP contribution >= 0.6 is 0 Å². The van der Waals surface area contributed by atoms with Crippen LogP contribution in [0.25, 0.3) is 0 Å². The monoisotopic (exact) mass is 210 g/mol. The largest absolute Gasteiger partial charge is 0.493 e. The molecule has 4 heteroatoms. The van der Waals surface area contributed by atoms with Crippen molar-refractivity contribution in [2.75, 3.05) is 20.3 Å². The van der Waals surface area contributed by atoms with Crippen molar-refractivity contribution in [3.05, 3.63) is 23.5 Å². The molecule has 4 nitrogen and oxygen atoms in total. The molecule has 0 saturated heterocycles. The van der Waals surface area contributed by atoms with E-state index < -0.39 is 0 Å². The minimum absolute atomic E-state index is 0.451. The molecule has 0 bridgehead atoms. The Kier molecular flexibility index (Phi) is 5.07. The van der Waals surface area contributed by atoms with E-state index in [1.54, 1.807) is 13.3 Å². The molecule has 1 rings (SSSR count). The van der Waals surface area contributed by atoms with Gasteiger partial charge < -0.3 is 15.2 Å². The van der Waals surface area contributed by atoms with E-state index in [4.69, 9.17) is 15.2 Å². The zero-order valence-electron chi connectivity index (χ0n) is 9.32. The third-order valence-corrected chi connectivity index (χ3v) is 2.05. The van der Waals surface area contributed by atoms with E-state index in [-0.39, 0.29) is 0 Å². The van der Waals surface area contributed by atoms with Gasteiger partial charge in [0, 0.05) is 50.2 Å². The Bertz CT molecular complexity index is 303. The first-order chi connectivity index (χ1) is 7.27. The molecule has 0 fully saturated rings. The van der Waals surface area contributed by atoms with Gasteiger partial charge in [0.25, 0.3) is 0 Å². The van der Waals surface area contributed by atoms with Gasteiger partial charge in [0.05, 0.1) is 6.61 Å². The first kappa shape index (κ1) is 11.9. The van der Waals surface area contributed by atoms with Gasteiger partial charge in [-0.15, -0.1) is 0 Å². The van der Waals surface area contributed by atoms with Crippen molar-refractivity contribution in [1.82, 2.24) is 4.98 Å². The van der Waals surface area contributed by atoms with Crippen molar-refractivity contribution in [2.24, 2.45) is 5.73 Å². The fourth-order valence-corrected chi connectivity index (χ4v) is 1.24. The van der Waals surface area contributed by atoms with Gasteiger partial charge in [-0.2, -0.15) is 0 Å². The lowest BCUT2D eigenvalue weighted by molar-refractivity contribution is 0.171. The van der Waals surface area contributed by atoms with E-state index in [9.17, 15) is 0 Å². The molecule has 0 aliphatic heterocycles. The van der Waals surface area contributed by atoms with Crippen LogP contribution < -0.4 is 10.5 Å². The number of pyridine rings is 1. The van der Waals surface area contributed by atoms with E-state index >= 15 is 0 Å². The van der Waals surface area contributed by atoms with Gasteiger partial charge in [-0.3, -0.25) is 4.98 Å². The zero-order chi connectivity index (χ0) is 11.1. The number of aromatic nitrogens is 1. The highest BCUT2D eigenvalue weighted by atomic mass is 16.5. The normalized spacial score (nSPS) is 10.3. The number of nitrogens with zero attached hydrogens (tertiary/aromatic N) is 1. The molecule has 0 aliphatic rings. The fourth-order valence-electron chi connectivity index (χ4n) is 1.24. The third-order valence-electron chi connectivity index (χ3n) is 2.05. The van der Waals surface area contributed by atoms with Gasteiger partial charge >= 0.3 is 0 Å². The van der Waals surface area contributed by atoms with Crippen LogP contribution in [0.3, 0.4) is 0 Å². The highest BCUT2D eigenvalue weighted by Crippen LogP contribution is 2.17. The van der Waals surface area contributed by atoms with Crippen LogP contribution in [0.1, 0.15) is 17.7 Å². The predicted octanol–water partition coefficient (Wildman–Crippen LogP) is 1.26. The quantitative estimate of drug-likeness (QED) is 0.718. The Morgan fingerprint density at radius 3 is 2.87 bits per heavy atom. The third kappa shape index (κ3) is 3.85. The average molecular weight is 210 g/mol. The number of hydrogen-bond acceptors (Lipinski definition) is 4. The summed E-state index contributed by atoms with van der Waals surface area (Å²) >= 11 is 0. The van der Waals surface area contributed by atoms with Gasteiger partial charge in [-0.1, -0.05) is 0 Å². The summed E-state index contributed by atoms with van der Waals surface area (Å²) in [4.78, 5) is 4.17. The molecule has 0 aromatic carbocycles. The van der Waals surface area contributed by atoms with E-state index in [0.717, 1.165) is 23.4 Å². The van der Waals surface area contributed by atoms with Crippen LogP contribution in [0.5, 0.6) is 5.75 Å². The van der Waals surface area contributed by atoms with Gasteiger partial charge in [0.1, 0.15) is 5.75 Å². The molecule has 84 valence electrons. The Balaban J connectivity index is 2.54. The molecule has 2 N–H and O–H groups in total. The van der Waals surface area contributed by atoms with E-state index in [0.29, 0.717) is 19.8 Å². The predicted molar refractivity (Wildman–Crippen MR) is 58.9 cm³/mol. The summed E-state index contributed by atoms with van der Waals surface area (Å²) in [7, 11) is 1.68. The van der Waals surface area contributed by atoms with E-state index in [1.807, 2.05) is 13.0 Å². The second kappa shape index (κ2) is 6.37. The summed E-state index contributed by atoms with van der Waals surface area (Å²) in [6.07, 6.45) is 2.64. The van der Waals surface area contributed by atoms with Crippen molar-refractivity contribution in [3.8, 4) is 5.75 Å². The number of rotatable bonds is 6. The average Bonchev–Trinajstić information content (AvgIpc) is 2.25. The van der Waals surface area contributed by atoms with E-state index in [2.05, 4.69) is 4.98 Å². The maximum absolute atomic E-state index is 5.61. The molecule has 0 radical (unpaired) electrons. The standard InChI is InChI=1S/C11H18N2O2/c1-9-6-11(10(7-12)8-13-9)15-5-3-4-14-2/h6,8H,3-5,7,12H2,1-2H3. The molecular formula is C11H18N2O2. The smallest absolute Gasteiger partial charge is 0.127 e. The Labute approximate surface area is 90.4 Å². The molecule has 0 amide bonds. The van der Waals surface area contributed by atoms with Crippen molar-refractivity contribution < 1.29 is 9.47 Å². The Morgan fingerprint density at radius 1 is 1.40 bits per heavy atom. The molecule has 1 heterocycles. The van der Waals surface area contributed by atoms with E-state index in [1.165, 1.54) is 0 Å². The molecule has 0 spiro atoms. The molecule has 0 unspecified atom stereocenters. The SMILES string of the molecule is COCCCOc1cc(C)ncc1CN. The van der Waals surface area contributed by atoms with Gasteiger partial charge in [-0.05, 0) is 6.92 Å². The number of ether oxygens (including phenoxy) is 2. The first-order valence-electron chi connectivity index (χ1n) is 5.05. The highest BCUT2D eigenvalue weighted by molar-refractivity contribution is 5.32. The van der Waals surface area contributed by atoms with Crippen molar-refractivity contribution in [1.29, 1.82) is 0 Å². The summed E-state index contributed by atoms with van der Waals surface area (Å²) in [6.45, 7) is 3.74.